The molecule has 7 nitrogen and oxygen atoms in total. The molecule has 0 unspecified atom stereocenters. The molecule has 0 aliphatic carbocycles. The molecule has 8 heteroatoms. The Labute approximate surface area is 170 Å². The van der Waals surface area contributed by atoms with E-state index < -0.39 is 10.1 Å². The van der Waals surface area contributed by atoms with Crippen LogP contribution in [0.4, 0.5) is 5.82 Å². The Morgan fingerprint density at radius 3 is 2.59 bits per heavy atom. The van der Waals surface area contributed by atoms with E-state index in [1.165, 1.54) is 13.2 Å². The van der Waals surface area contributed by atoms with Crippen LogP contribution in [-0.2, 0) is 10.1 Å². The van der Waals surface area contributed by atoms with Crippen molar-refractivity contribution in [1.82, 2.24) is 4.98 Å². The number of benzene rings is 2. The molecule has 29 heavy (non-hydrogen) atoms. The molecule has 0 fully saturated rings. The van der Waals surface area contributed by atoms with Crippen molar-refractivity contribution in [3.05, 3.63) is 77.5 Å². The third kappa shape index (κ3) is 5.11. The van der Waals surface area contributed by atoms with Gasteiger partial charge < -0.3 is 8.92 Å². The van der Waals surface area contributed by atoms with Gasteiger partial charge in [-0.3, -0.25) is 5.43 Å². The summed E-state index contributed by atoms with van der Waals surface area (Å²) in [5, 5.41) is 4.11. The van der Waals surface area contributed by atoms with Gasteiger partial charge in [0, 0.05) is 6.20 Å². The highest BCUT2D eigenvalue weighted by molar-refractivity contribution is 7.87. The van der Waals surface area contributed by atoms with E-state index in [0.29, 0.717) is 16.9 Å². The average Bonchev–Trinajstić information content (AvgIpc) is 2.71. The fraction of sp³-hybridized carbons (Fsp3) is 0.143. The Hall–Kier alpha value is -3.39. The molecule has 0 aliphatic heterocycles. The van der Waals surface area contributed by atoms with Gasteiger partial charge in [0.2, 0.25) is 0 Å². The van der Waals surface area contributed by atoms with E-state index in [4.69, 9.17) is 8.92 Å². The summed E-state index contributed by atoms with van der Waals surface area (Å²) in [7, 11) is -2.55. The van der Waals surface area contributed by atoms with Crippen molar-refractivity contribution in [3.8, 4) is 11.5 Å². The van der Waals surface area contributed by atoms with Gasteiger partial charge in [-0.15, -0.1) is 0 Å². The summed E-state index contributed by atoms with van der Waals surface area (Å²) in [4.78, 5) is 4.23. The normalized spacial score (nSPS) is 11.4. The number of rotatable bonds is 7. The predicted molar refractivity (Wildman–Crippen MR) is 112 cm³/mol. The van der Waals surface area contributed by atoms with Crippen LogP contribution in [0.2, 0.25) is 0 Å². The second-order valence-corrected chi connectivity index (χ2v) is 7.82. The number of pyridine rings is 1. The van der Waals surface area contributed by atoms with Crippen LogP contribution in [0, 0.1) is 13.8 Å². The van der Waals surface area contributed by atoms with E-state index in [0.717, 1.165) is 5.56 Å². The lowest BCUT2D eigenvalue weighted by Gasteiger charge is -2.13. The van der Waals surface area contributed by atoms with Crippen molar-refractivity contribution in [1.29, 1.82) is 0 Å². The maximum absolute atomic E-state index is 12.7. The number of methoxy groups -OCH3 is 1. The van der Waals surface area contributed by atoms with Gasteiger partial charge >= 0.3 is 10.1 Å². The maximum Gasteiger partial charge on any atom is 0.339 e. The van der Waals surface area contributed by atoms with Gasteiger partial charge in [-0.1, -0.05) is 18.2 Å². The number of nitrogens with one attached hydrogen (secondary N) is 1. The molecular formula is C21H21N3O4S. The monoisotopic (exact) mass is 411 g/mol. The maximum atomic E-state index is 12.7. The lowest BCUT2D eigenvalue weighted by Crippen LogP contribution is -2.12. The quantitative estimate of drug-likeness (QED) is 0.360. The summed E-state index contributed by atoms with van der Waals surface area (Å²) >= 11 is 0. The van der Waals surface area contributed by atoms with Crippen LogP contribution in [0.5, 0.6) is 11.5 Å². The van der Waals surface area contributed by atoms with E-state index in [1.807, 2.05) is 25.1 Å². The molecule has 0 saturated heterocycles. The van der Waals surface area contributed by atoms with Crippen LogP contribution in [0.1, 0.15) is 16.7 Å². The molecule has 1 aromatic heterocycles. The van der Waals surface area contributed by atoms with Crippen molar-refractivity contribution in [3.63, 3.8) is 0 Å². The smallest absolute Gasteiger partial charge is 0.339 e. The van der Waals surface area contributed by atoms with Crippen LogP contribution < -0.4 is 14.3 Å². The molecule has 0 atom stereocenters. The summed E-state index contributed by atoms with van der Waals surface area (Å²) < 4.78 is 36.1. The molecule has 0 radical (unpaired) electrons. The van der Waals surface area contributed by atoms with Crippen LogP contribution in [0.25, 0.3) is 0 Å². The van der Waals surface area contributed by atoms with E-state index in [9.17, 15) is 8.42 Å². The summed E-state index contributed by atoms with van der Waals surface area (Å²) in [5.74, 6) is 0.985. The minimum Gasteiger partial charge on any atom is -0.493 e. The van der Waals surface area contributed by atoms with Crippen molar-refractivity contribution in [2.45, 2.75) is 18.7 Å². The number of hydrogen-bond donors (Lipinski definition) is 1. The SMILES string of the molecule is COc1cc(C=NNc2ccccn2)ccc1OS(=O)(=O)c1cc(C)ccc1C. The molecule has 0 amide bonds. The van der Waals surface area contributed by atoms with Gasteiger partial charge in [-0.05, 0) is 66.9 Å². The highest BCUT2D eigenvalue weighted by Crippen LogP contribution is 2.31. The van der Waals surface area contributed by atoms with E-state index >= 15 is 0 Å². The molecule has 0 saturated carbocycles. The number of hydrazone groups is 1. The van der Waals surface area contributed by atoms with Gasteiger partial charge in [0.05, 0.1) is 13.3 Å². The molecule has 3 aromatic rings. The number of ether oxygens (including phenoxy) is 1. The van der Waals surface area contributed by atoms with E-state index in [2.05, 4.69) is 15.5 Å². The first-order valence-electron chi connectivity index (χ1n) is 8.79. The molecule has 3 rings (SSSR count). The molecule has 0 bridgehead atoms. The van der Waals surface area contributed by atoms with Gasteiger partial charge in [0.1, 0.15) is 10.7 Å². The Kier molecular flexibility index (Phi) is 6.13. The topological polar surface area (TPSA) is 89.9 Å². The molecule has 1 N–H and O–H groups in total. The van der Waals surface area contributed by atoms with Gasteiger partial charge in [0.15, 0.2) is 11.5 Å². The van der Waals surface area contributed by atoms with Gasteiger partial charge in [-0.2, -0.15) is 13.5 Å². The first-order valence-corrected chi connectivity index (χ1v) is 10.2. The van der Waals surface area contributed by atoms with Crippen molar-refractivity contribution in [2.75, 3.05) is 12.5 Å². The summed E-state index contributed by atoms with van der Waals surface area (Å²) in [6.45, 7) is 3.55. The molecule has 2 aromatic carbocycles. The summed E-state index contributed by atoms with van der Waals surface area (Å²) in [5.41, 5.74) is 4.94. The van der Waals surface area contributed by atoms with Crippen molar-refractivity contribution in [2.24, 2.45) is 5.10 Å². The molecule has 1 heterocycles. The largest absolute Gasteiger partial charge is 0.493 e. The Balaban J connectivity index is 1.81. The zero-order valence-electron chi connectivity index (χ0n) is 16.3. The van der Waals surface area contributed by atoms with Crippen molar-refractivity contribution >= 4 is 22.2 Å². The van der Waals surface area contributed by atoms with E-state index in [-0.39, 0.29) is 16.4 Å². The third-order valence-electron chi connectivity index (χ3n) is 4.06. The van der Waals surface area contributed by atoms with Gasteiger partial charge in [0.25, 0.3) is 0 Å². The lowest BCUT2D eigenvalue weighted by atomic mass is 10.2. The van der Waals surface area contributed by atoms with Crippen LogP contribution in [0.3, 0.4) is 0 Å². The van der Waals surface area contributed by atoms with Crippen molar-refractivity contribution < 1.29 is 17.3 Å². The second kappa shape index (κ2) is 8.74. The van der Waals surface area contributed by atoms with Crippen LogP contribution >= 0.6 is 0 Å². The number of hydrogen-bond acceptors (Lipinski definition) is 7. The van der Waals surface area contributed by atoms with Gasteiger partial charge in [-0.25, -0.2) is 4.98 Å². The number of anilines is 1. The molecule has 0 spiro atoms. The van der Waals surface area contributed by atoms with Crippen LogP contribution in [0.15, 0.2) is 70.8 Å². The average molecular weight is 411 g/mol. The summed E-state index contributed by atoms with van der Waals surface area (Å²) in [6, 6.07) is 15.5. The standard InChI is InChI=1S/C21H21N3O4S/c1-15-7-8-16(2)20(12-15)29(25,26)28-18-10-9-17(13-19(18)27-3)14-23-24-21-6-4-5-11-22-21/h4-14H,1-3H3,(H,22,24). The highest BCUT2D eigenvalue weighted by Gasteiger charge is 2.21. The lowest BCUT2D eigenvalue weighted by molar-refractivity contribution is 0.390. The third-order valence-corrected chi connectivity index (χ3v) is 5.44. The first kappa shape index (κ1) is 20.3. The molecular weight excluding hydrogens is 390 g/mol. The number of aromatic nitrogens is 1. The Morgan fingerprint density at radius 2 is 1.86 bits per heavy atom. The minimum atomic E-state index is -4.00. The first-order chi connectivity index (χ1) is 13.9. The molecule has 0 aliphatic rings. The summed E-state index contributed by atoms with van der Waals surface area (Å²) in [6.07, 6.45) is 3.23. The van der Waals surface area contributed by atoms with Crippen LogP contribution in [-0.4, -0.2) is 26.7 Å². The zero-order chi connectivity index (χ0) is 20.9. The molecule has 150 valence electrons. The Morgan fingerprint density at radius 1 is 1.03 bits per heavy atom. The predicted octanol–water partition coefficient (Wildman–Crippen LogP) is 3.92. The second-order valence-electron chi connectivity index (χ2n) is 6.30. The number of nitrogens with zero attached hydrogens (tertiary/aromatic N) is 2. The fourth-order valence-corrected chi connectivity index (χ4v) is 3.83. The number of aryl methyl sites for hydroxylation is 2. The minimum absolute atomic E-state index is 0.100. The van der Waals surface area contributed by atoms with E-state index in [1.54, 1.807) is 49.7 Å². The Bertz CT molecular complexity index is 1130. The zero-order valence-corrected chi connectivity index (χ0v) is 17.1. The fourth-order valence-electron chi connectivity index (χ4n) is 2.57. The highest BCUT2D eigenvalue weighted by atomic mass is 32.2.